The van der Waals surface area contributed by atoms with Crippen molar-refractivity contribution in [1.82, 2.24) is 15.1 Å². The Bertz CT molecular complexity index is 787. The molecule has 25 heavy (non-hydrogen) atoms. The Kier molecular flexibility index (Phi) is 5.79. The second kappa shape index (κ2) is 7.65. The molecule has 2 aromatic rings. The minimum Gasteiger partial charge on any atom is -0.449 e. The number of carbonyl (C=O) groups is 2. The topological polar surface area (TPSA) is 73.2 Å². The Balaban J connectivity index is 2.23. The van der Waals surface area contributed by atoms with Crippen LogP contribution in [0.15, 0.2) is 24.3 Å². The molecule has 2 rings (SSSR count). The molecule has 134 valence electrons. The maximum atomic E-state index is 13.1. The SMILES string of the molecule is Cc1nn(-c2ccc(F)cc2)c(Cl)c1C(=O)O[C@@H](C)C(=O)NC(C)C. The number of hydrogen-bond donors (Lipinski definition) is 1. The summed E-state index contributed by atoms with van der Waals surface area (Å²) < 4.78 is 19.5. The van der Waals surface area contributed by atoms with Crippen LogP contribution in [-0.2, 0) is 9.53 Å². The van der Waals surface area contributed by atoms with Gasteiger partial charge in [-0.1, -0.05) is 11.6 Å². The number of benzene rings is 1. The first-order chi connectivity index (χ1) is 11.7. The maximum Gasteiger partial charge on any atom is 0.344 e. The first-order valence-corrected chi connectivity index (χ1v) is 8.11. The van der Waals surface area contributed by atoms with E-state index in [0.29, 0.717) is 11.4 Å². The van der Waals surface area contributed by atoms with Crippen LogP contribution in [0.3, 0.4) is 0 Å². The van der Waals surface area contributed by atoms with E-state index in [4.69, 9.17) is 16.3 Å². The third-order valence-electron chi connectivity index (χ3n) is 3.36. The summed E-state index contributed by atoms with van der Waals surface area (Å²) in [5.74, 6) is -1.54. The summed E-state index contributed by atoms with van der Waals surface area (Å²) in [6, 6.07) is 5.43. The lowest BCUT2D eigenvalue weighted by Gasteiger charge is -2.15. The number of aromatic nitrogens is 2. The van der Waals surface area contributed by atoms with Gasteiger partial charge in [-0.05, 0) is 52.0 Å². The molecule has 0 saturated heterocycles. The number of nitrogens with one attached hydrogen (secondary N) is 1. The molecule has 0 saturated carbocycles. The molecule has 1 atom stereocenters. The molecule has 0 fully saturated rings. The first-order valence-electron chi connectivity index (χ1n) is 7.73. The van der Waals surface area contributed by atoms with Crippen LogP contribution in [0.25, 0.3) is 5.69 Å². The van der Waals surface area contributed by atoms with Crippen molar-refractivity contribution in [2.24, 2.45) is 0 Å². The van der Waals surface area contributed by atoms with E-state index in [0.717, 1.165) is 0 Å². The van der Waals surface area contributed by atoms with E-state index in [1.807, 2.05) is 0 Å². The monoisotopic (exact) mass is 367 g/mol. The predicted octanol–water partition coefficient (Wildman–Crippen LogP) is 3.04. The van der Waals surface area contributed by atoms with E-state index >= 15 is 0 Å². The Morgan fingerprint density at radius 2 is 1.84 bits per heavy atom. The predicted molar refractivity (Wildman–Crippen MR) is 91.4 cm³/mol. The molecule has 1 amide bonds. The van der Waals surface area contributed by atoms with Crippen molar-refractivity contribution in [2.75, 3.05) is 0 Å². The van der Waals surface area contributed by atoms with Crippen LogP contribution in [0.5, 0.6) is 0 Å². The van der Waals surface area contributed by atoms with E-state index in [2.05, 4.69) is 10.4 Å². The van der Waals surface area contributed by atoms with Gasteiger partial charge in [0.05, 0.1) is 11.4 Å². The fourth-order valence-electron chi connectivity index (χ4n) is 2.16. The third kappa shape index (κ3) is 4.36. The molecule has 0 aliphatic rings. The highest BCUT2D eigenvalue weighted by Crippen LogP contribution is 2.24. The summed E-state index contributed by atoms with van der Waals surface area (Å²) in [6.07, 6.45) is -0.973. The highest BCUT2D eigenvalue weighted by Gasteiger charge is 2.26. The molecule has 8 heteroatoms. The summed E-state index contributed by atoms with van der Waals surface area (Å²) in [4.78, 5) is 24.3. The number of amides is 1. The molecular weight excluding hydrogens is 349 g/mol. The summed E-state index contributed by atoms with van der Waals surface area (Å²) >= 11 is 6.25. The molecule has 1 N–H and O–H groups in total. The quantitative estimate of drug-likeness (QED) is 0.824. The van der Waals surface area contributed by atoms with Crippen molar-refractivity contribution >= 4 is 23.5 Å². The van der Waals surface area contributed by atoms with Gasteiger partial charge in [0.15, 0.2) is 6.10 Å². The zero-order chi connectivity index (χ0) is 18.7. The molecule has 0 radical (unpaired) electrons. The van der Waals surface area contributed by atoms with Gasteiger partial charge in [-0.3, -0.25) is 4.79 Å². The normalized spacial score (nSPS) is 12.1. The van der Waals surface area contributed by atoms with Crippen LogP contribution in [0, 0.1) is 12.7 Å². The van der Waals surface area contributed by atoms with Gasteiger partial charge < -0.3 is 10.1 Å². The molecule has 6 nitrogen and oxygen atoms in total. The molecule has 1 aromatic carbocycles. The van der Waals surface area contributed by atoms with Crippen LogP contribution >= 0.6 is 11.6 Å². The fourth-order valence-corrected chi connectivity index (χ4v) is 2.51. The lowest BCUT2D eigenvalue weighted by Crippen LogP contribution is -2.39. The fraction of sp³-hybridized carbons (Fsp3) is 0.353. The molecule has 1 aromatic heterocycles. The highest BCUT2D eigenvalue weighted by molar-refractivity contribution is 6.33. The van der Waals surface area contributed by atoms with Crippen LogP contribution in [0.1, 0.15) is 36.8 Å². The van der Waals surface area contributed by atoms with Crippen LogP contribution in [0.2, 0.25) is 5.15 Å². The lowest BCUT2D eigenvalue weighted by molar-refractivity contribution is -0.129. The molecule has 0 aliphatic heterocycles. The largest absolute Gasteiger partial charge is 0.449 e. The van der Waals surface area contributed by atoms with Crippen molar-refractivity contribution < 1.29 is 18.7 Å². The van der Waals surface area contributed by atoms with Gasteiger partial charge >= 0.3 is 5.97 Å². The van der Waals surface area contributed by atoms with Gasteiger partial charge in [-0.15, -0.1) is 0 Å². The standard InChI is InChI=1S/C17H19ClFN3O3/c1-9(2)20-16(23)11(4)25-17(24)14-10(3)21-22(15(14)18)13-7-5-12(19)6-8-13/h5-9,11H,1-4H3,(H,20,23)/t11-/m0/s1. The number of hydrogen-bond acceptors (Lipinski definition) is 4. The van der Waals surface area contributed by atoms with Gasteiger partial charge in [-0.25, -0.2) is 13.9 Å². The van der Waals surface area contributed by atoms with E-state index in [9.17, 15) is 14.0 Å². The second-order valence-electron chi connectivity index (χ2n) is 5.85. The van der Waals surface area contributed by atoms with Crippen molar-refractivity contribution in [3.63, 3.8) is 0 Å². The van der Waals surface area contributed by atoms with E-state index in [-0.39, 0.29) is 16.8 Å². The molecule has 0 aliphatic carbocycles. The van der Waals surface area contributed by atoms with Crippen LogP contribution in [0.4, 0.5) is 4.39 Å². The number of carbonyl (C=O) groups excluding carboxylic acids is 2. The second-order valence-corrected chi connectivity index (χ2v) is 6.21. The summed E-state index contributed by atoms with van der Waals surface area (Å²) in [5, 5.41) is 6.88. The summed E-state index contributed by atoms with van der Waals surface area (Å²) in [6.45, 7) is 6.69. The summed E-state index contributed by atoms with van der Waals surface area (Å²) in [5.41, 5.74) is 0.908. The minimum atomic E-state index is -0.973. The smallest absolute Gasteiger partial charge is 0.344 e. The van der Waals surface area contributed by atoms with E-state index < -0.39 is 23.8 Å². The summed E-state index contributed by atoms with van der Waals surface area (Å²) in [7, 11) is 0. The minimum absolute atomic E-state index is 0.0329. The Morgan fingerprint density at radius 1 is 1.24 bits per heavy atom. The van der Waals surface area contributed by atoms with Crippen molar-refractivity contribution in [2.45, 2.75) is 39.8 Å². The number of aryl methyl sites for hydroxylation is 1. The average molecular weight is 368 g/mol. The lowest BCUT2D eigenvalue weighted by atomic mass is 10.2. The number of esters is 1. The number of ether oxygens (including phenoxy) is 1. The van der Waals surface area contributed by atoms with Gasteiger partial charge in [0.2, 0.25) is 0 Å². The first kappa shape index (κ1) is 18.9. The van der Waals surface area contributed by atoms with Gasteiger partial charge in [0, 0.05) is 6.04 Å². The third-order valence-corrected chi connectivity index (χ3v) is 3.71. The van der Waals surface area contributed by atoms with Gasteiger partial charge in [0.25, 0.3) is 5.91 Å². The zero-order valence-electron chi connectivity index (χ0n) is 14.3. The zero-order valence-corrected chi connectivity index (χ0v) is 15.1. The maximum absolute atomic E-state index is 13.1. The molecule has 0 unspecified atom stereocenters. The van der Waals surface area contributed by atoms with Gasteiger partial charge in [0.1, 0.15) is 16.5 Å². The number of halogens is 2. The number of nitrogens with zero attached hydrogens (tertiary/aromatic N) is 2. The Hall–Kier alpha value is -2.41. The van der Waals surface area contributed by atoms with Crippen molar-refractivity contribution in [1.29, 1.82) is 0 Å². The molecule has 0 bridgehead atoms. The highest BCUT2D eigenvalue weighted by atomic mass is 35.5. The molecule has 1 heterocycles. The van der Waals surface area contributed by atoms with E-state index in [1.165, 1.54) is 35.9 Å². The Morgan fingerprint density at radius 3 is 2.40 bits per heavy atom. The van der Waals surface area contributed by atoms with Gasteiger partial charge in [-0.2, -0.15) is 5.10 Å². The number of rotatable bonds is 5. The average Bonchev–Trinajstić information content (AvgIpc) is 2.82. The van der Waals surface area contributed by atoms with Crippen molar-refractivity contribution in [3.05, 3.63) is 46.5 Å². The van der Waals surface area contributed by atoms with E-state index in [1.54, 1.807) is 20.8 Å². The van der Waals surface area contributed by atoms with Crippen molar-refractivity contribution in [3.8, 4) is 5.69 Å². The van der Waals surface area contributed by atoms with Crippen LogP contribution in [-0.4, -0.2) is 33.8 Å². The Labute approximate surface area is 149 Å². The molecule has 0 spiro atoms. The molecular formula is C17H19ClFN3O3. The van der Waals surface area contributed by atoms with Crippen LogP contribution < -0.4 is 5.32 Å².